The smallest absolute Gasteiger partial charge is 0.328 e. The fraction of sp³-hybridized carbons (Fsp3) is 0.692. The lowest BCUT2D eigenvalue weighted by molar-refractivity contribution is -0.158. The van der Waals surface area contributed by atoms with Gasteiger partial charge < -0.3 is 14.6 Å². The van der Waals surface area contributed by atoms with Gasteiger partial charge in [-0.05, 0) is 34.6 Å². The SMILES string of the molecule is Cc1noc(CCC(=O)N[C@@H](C)C(=O)OC(C)(C)C)n1. The molecule has 0 aliphatic heterocycles. The van der Waals surface area contributed by atoms with Crippen LogP contribution >= 0.6 is 0 Å². The van der Waals surface area contributed by atoms with Gasteiger partial charge in [-0.3, -0.25) is 4.79 Å². The zero-order chi connectivity index (χ0) is 15.3. The van der Waals surface area contributed by atoms with E-state index < -0.39 is 17.6 Å². The number of esters is 1. The molecule has 7 heteroatoms. The molecule has 0 aromatic carbocycles. The number of aromatic nitrogens is 2. The minimum atomic E-state index is -0.689. The van der Waals surface area contributed by atoms with E-state index in [4.69, 9.17) is 9.26 Å². The predicted molar refractivity (Wildman–Crippen MR) is 70.8 cm³/mol. The van der Waals surface area contributed by atoms with Crippen molar-refractivity contribution in [2.24, 2.45) is 0 Å². The van der Waals surface area contributed by atoms with Crippen LogP contribution in [-0.4, -0.2) is 33.7 Å². The van der Waals surface area contributed by atoms with Crippen molar-refractivity contribution in [1.82, 2.24) is 15.5 Å². The van der Waals surface area contributed by atoms with E-state index in [1.807, 2.05) is 0 Å². The first kappa shape index (κ1) is 16.1. The lowest BCUT2D eigenvalue weighted by Gasteiger charge is -2.22. The van der Waals surface area contributed by atoms with E-state index in [1.54, 1.807) is 34.6 Å². The first-order chi connectivity index (χ1) is 9.17. The molecule has 1 heterocycles. The predicted octanol–water partition coefficient (Wildman–Crippen LogP) is 1.16. The van der Waals surface area contributed by atoms with E-state index in [2.05, 4.69) is 15.5 Å². The van der Waals surface area contributed by atoms with Crippen LogP contribution in [0.3, 0.4) is 0 Å². The number of nitrogens with zero attached hydrogens (tertiary/aromatic N) is 2. The Morgan fingerprint density at radius 2 is 2.05 bits per heavy atom. The van der Waals surface area contributed by atoms with Gasteiger partial charge in [0.2, 0.25) is 11.8 Å². The lowest BCUT2D eigenvalue weighted by Crippen LogP contribution is -2.42. The maximum absolute atomic E-state index is 11.7. The molecule has 1 atom stereocenters. The highest BCUT2D eigenvalue weighted by Crippen LogP contribution is 2.08. The Labute approximate surface area is 118 Å². The lowest BCUT2D eigenvalue weighted by atomic mass is 10.2. The van der Waals surface area contributed by atoms with Gasteiger partial charge in [-0.2, -0.15) is 4.98 Å². The Bertz CT molecular complexity index is 476. The summed E-state index contributed by atoms with van der Waals surface area (Å²) >= 11 is 0. The molecule has 0 aliphatic carbocycles. The number of carbonyl (C=O) groups excluding carboxylic acids is 2. The van der Waals surface area contributed by atoms with Crippen molar-refractivity contribution < 1.29 is 18.8 Å². The number of hydrogen-bond acceptors (Lipinski definition) is 6. The minimum absolute atomic E-state index is 0.175. The molecule has 1 aromatic rings. The summed E-state index contributed by atoms with van der Waals surface area (Å²) in [5.41, 5.74) is -0.572. The molecule has 0 bridgehead atoms. The first-order valence-electron chi connectivity index (χ1n) is 6.49. The zero-order valence-electron chi connectivity index (χ0n) is 12.5. The van der Waals surface area contributed by atoms with Crippen LogP contribution in [0.1, 0.15) is 45.8 Å². The van der Waals surface area contributed by atoms with E-state index in [1.165, 1.54) is 0 Å². The Morgan fingerprint density at radius 1 is 1.40 bits per heavy atom. The van der Waals surface area contributed by atoms with Gasteiger partial charge in [-0.15, -0.1) is 0 Å². The van der Waals surface area contributed by atoms with Crippen molar-refractivity contribution in [1.29, 1.82) is 0 Å². The van der Waals surface area contributed by atoms with E-state index in [0.29, 0.717) is 18.1 Å². The molecule has 1 aromatic heterocycles. The average Bonchev–Trinajstić information content (AvgIpc) is 2.70. The molecule has 1 amide bonds. The van der Waals surface area contributed by atoms with Gasteiger partial charge >= 0.3 is 5.97 Å². The highest BCUT2D eigenvalue weighted by molar-refractivity contribution is 5.84. The topological polar surface area (TPSA) is 94.3 Å². The van der Waals surface area contributed by atoms with E-state index in [-0.39, 0.29) is 12.3 Å². The standard InChI is InChI=1S/C13H21N3O4/c1-8(12(18)19-13(3,4)5)14-10(17)6-7-11-15-9(2)16-20-11/h8H,6-7H2,1-5H3,(H,14,17)/t8-/m0/s1. The maximum atomic E-state index is 11.7. The summed E-state index contributed by atoms with van der Waals surface area (Å²) in [6, 6.07) is -0.689. The number of hydrogen-bond donors (Lipinski definition) is 1. The van der Waals surface area contributed by atoms with Crippen molar-refractivity contribution in [3.05, 3.63) is 11.7 Å². The molecule has 0 fully saturated rings. The van der Waals surface area contributed by atoms with Crippen molar-refractivity contribution in [3.8, 4) is 0 Å². The number of aryl methyl sites for hydroxylation is 2. The largest absolute Gasteiger partial charge is 0.458 e. The normalized spacial score (nSPS) is 12.8. The first-order valence-corrected chi connectivity index (χ1v) is 6.49. The van der Waals surface area contributed by atoms with Gasteiger partial charge in [-0.25, -0.2) is 4.79 Å². The van der Waals surface area contributed by atoms with Crippen molar-refractivity contribution in [3.63, 3.8) is 0 Å². The molecule has 0 unspecified atom stereocenters. The Hall–Kier alpha value is -1.92. The van der Waals surface area contributed by atoms with Crippen LogP contribution in [0.25, 0.3) is 0 Å². The third-order valence-corrected chi connectivity index (χ3v) is 2.27. The van der Waals surface area contributed by atoms with Crippen LogP contribution < -0.4 is 5.32 Å². The molecule has 7 nitrogen and oxygen atoms in total. The summed E-state index contributed by atoms with van der Waals surface area (Å²) in [6.45, 7) is 8.62. The summed E-state index contributed by atoms with van der Waals surface area (Å²) in [5, 5.41) is 6.21. The number of ether oxygens (including phenoxy) is 1. The monoisotopic (exact) mass is 283 g/mol. The van der Waals surface area contributed by atoms with Gasteiger partial charge in [0.05, 0.1) is 0 Å². The van der Waals surface area contributed by atoms with Crippen molar-refractivity contribution >= 4 is 11.9 Å². The van der Waals surface area contributed by atoms with Crippen LogP contribution in [-0.2, 0) is 20.7 Å². The second-order valence-corrected chi connectivity index (χ2v) is 5.56. The number of nitrogens with one attached hydrogen (secondary N) is 1. The average molecular weight is 283 g/mol. The molecule has 0 aliphatic rings. The quantitative estimate of drug-likeness (QED) is 0.815. The van der Waals surface area contributed by atoms with E-state index in [0.717, 1.165) is 0 Å². The zero-order valence-corrected chi connectivity index (χ0v) is 12.5. The highest BCUT2D eigenvalue weighted by atomic mass is 16.6. The molecule has 0 saturated heterocycles. The van der Waals surface area contributed by atoms with Gasteiger partial charge in [-0.1, -0.05) is 5.16 Å². The van der Waals surface area contributed by atoms with Crippen molar-refractivity contribution in [2.45, 2.75) is 59.1 Å². The Kier molecular flexibility index (Phi) is 5.24. The second-order valence-electron chi connectivity index (χ2n) is 5.56. The van der Waals surface area contributed by atoms with Gasteiger partial charge in [0.25, 0.3) is 0 Å². The molecule has 1 N–H and O–H groups in total. The molecule has 0 radical (unpaired) electrons. The molecular weight excluding hydrogens is 262 g/mol. The van der Waals surface area contributed by atoms with Gasteiger partial charge in [0.15, 0.2) is 5.82 Å². The number of rotatable bonds is 5. The van der Waals surface area contributed by atoms with Gasteiger partial charge in [0, 0.05) is 12.8 Å². The molecule has 1 rings (SSSR count). The number of amides is 1. The van der Waals surface area contributed by atoms with E-state index in [9.17, 15) is 9.59 Å². The minimum Gasteiger partial charge on any atom is -0.458 e. The van der Waals surface area contributed by atoms with Crippen LogP contribution in [0, 0.1) is 6.92 Å². The fourth-order valence-corrected chi connectivity index (χ4v) is 1.42. The van der Waals surface area contributed by atoms with Crippen LogP contribution in [0.15, 0.2) is 4.52 Å². The third kappa shape index (κ3) is 5.81. The highest BCUT2D eigenvalue weighted by Gasteiger charge is 2.23. The maximum Gasteiger partial charge on any atom is 0.328 e. The molecular formula is C13H21N3O4. The fourth-order valence-electron chi connectivity index (χ4n) is 1.42. The van der Waals surface area contributed by atoms with Crippen LogP contribution in [0.2, 0.25) is 0 Å². The molecule has 0 spiro atoms. The third-order valence-electron chi connectivity index (χ3n) is 2.27. The van der Waals surface area contributed by atoms with Gasteiger partial charge in [0.1, 0.15) is 11.6 Å². The Morgan fingerprint density at radius 3 is 2.55 bits per heavy atom. The summed E-state index contributed by atoms with van der Waals surface area (Å²) in [6.07, 6.45) is 0.516. The summed E-state index contributed by atoms with van der Waals surface area (Å²) < 4.78 is 10.1. The van der Waals surface area contributed by atoms with Crippen LogP contribution in [0.5, 0.6) is 0 Å². The summed E-state index contributed by atoms with van der Waals surface area (Å²) in [7, 11) is 0. The summed E-state index contributed by atoms with van der Waals surface area (Å²) in [4.78, 5) is 27.4. The second kappa shape index (κ2) is 6.49. The molecule has 0 saturated carbocycles. The number of carbonyl (C=O) groups is 2. The van der Waals surface area contributed by atoms with Crippen LogP contribution in [0.4, 0.5) is 0 Å². The molecule has 20 heavy (non-hydrogen) atoms. The molecule has 112 valence electrons. The summed E-state index contributed by atoms with van der Waals surface area (Å²) in [5.74, 6) is 0.212. The Balaban J connectivity index is 2.36. The van der Waals surface area contributed by atoms with E-state index >= 15 is 0 Å². The van der Waals surface area contributed by atoms with Crippen molar-refractivity contribution in [2.75, 3.05) is 0 Å².